The minimum Gasteiger partial charge on any atom is -0.382 e. The molecule has 0 aromatic carbocycles. The van der Waals surface area contributed by atoms with Crippen molar-refractivity contribution in [2.24, 2.45) is 10.9 Å². The predicted molar refractivity (Wildman–Crippen MR) is 102 cm³/mol. The monoisotopic (exact) mass is 428 g/mol. The molecule has 1 aliphatic heterocycles. The Morgan fingerprint density at radius 2 is 2.14 bits per heavy atom. The Kier molecular flexibility index (Phi) is 13.3. The van der Waals surface area contributed by atoms with Gasteiger partial charge in [0.2, 0.25) is 0 Å². The normalized spacial score (nSPS) is 18.7. The second kappa shape index (κ2) is 13.3. The Labute approximate surface area is 152 Å². The number of hydrogen-bond acceptors (Lipinski definition) is 4. The van der Waals surface area contributed by atoms with Crippen molar-refractivity contribution in [3.63, 3.8) is 0 Å². The van der Waals surface area contributed by atoms with E-state index < -0.39 is 0 Å². The van der Waals surface area contributed by atoms with E-state index in [-0.39, 0.29) is 24.0 Å². The summed E-state index contributed by atoms with van der Waals surface area (Å²) in [5, 5.41) is 3.45. The minimum absolute atomic E-state index is 0. The molecule has 0 spiro atoms. The molecule has 0 aromatic rings. The number of aliphatic imine (C=N–C) groups is 1. The number of hydrogen-bond donors (Lipinski definition) is 1. The Morgan fingerprint density at radius 1 is 1.36 bits per heavy atom. The lowest BCUT2D eigenvalue weighted by molar-refractivity contribution is 0.0536. The molecule has 1 unspecified atom stereocenters. The molecule has 1 aliphatic rings. The highest BCUT2D eigenvalue weighted by atomic mass is 127. The molecule has 7 heteroatoms. The van der Waals surface area contributed by atoms with Crippen LogP contribution in [0.3, 0.4) is 0 Å². The van der Waals surface area contributed by atoms with Gasteiger partial charge in [-0.05, 0) is 33.5 Å². The van der Waals surface area contributed by atoms with Gasteiger partial charge in [-0.25, -0.2) is 0 Å². The molecule has 0 aliphatic carbocycles. The van der Waals surface area contributed by atoms with E-state index in [0.29, 0.717) is 19.1 Å². The molecule has 1 atom stereocenters. The van der Waals surface area contributed by atoms with E-state index in [2.05, 4.69) is 34.2 Å². The van der Waals surface area contributed by atoms with Crippen molar-refractivity contribution in [1.29, 1.82) is 0 Å². The number of halogens is 1. The molecular weight excluding hydrogens is 395 g/mol. The maximum atomic E-state index is 5.63. The second-order valence-corrected chi connectivity index (χ2v) is 5.80. The van der Waals surface area contributed by atoms with Crippen molar-refractivity contribution in [2.45, 2.75) is 12.8 Å². The largest absolute Gasteiger partial charge is 0.382 e. The summed E-state index contributed by atoms with van der Waals surface area (Å²) in [6.45, 7) is 6.33. The maximum absolute atomic E-state index is 5.63. The van der Waals surface area contributed by atoms with E-state index in [1.54, 1.807) is 7.11 Å². The molecule has 1 rings (SSSR count). The molecular formula is C15H33IN4O2. The van der Waals surface area contributed by atoms with Gasteiger partial charge in [0.25, 0.3) is 0 Å². The van der Waals surface area contributed by atoms with Gasteiger partial charge in [0.15, 0.2) is 5.96 Å². The predicted octanol–water partition coefficient (Wildman–Crippen LogP) is 1.12. The third kappa shape index (κ3) is 9.12. The summed E-state index contributed by atoms with van der Waals surface area (Å²) in [5.41, 5.74) is 0. The van der Waals surface area contributed by atoms with Crippen LogP contribution in [0.15, 0.2) is 4.99 Å². The number of methoxy groups -OCH3 is 1. The Hall–Kier alpha value is -0.120. The van der Waals surface area contributed by atoms with Crippen LogP contribution in [0.1, 0.15) is 12.8 Å². The molecule has 1 fully saturated rings. The summed E-state index contributed by atoms with van der Waals surface area (Å²) in [5.74, 6) is 1.62. The van der Waals surface area contributed by atoms with Crippen molar-refractivity contribution in [3.8, 4) is 0 Å². The van der Waals surface area contributed by atoms with E-state index in [1.807, 2.05) is 7.05 Å². The number of nitrogens with one attached hydrogen (secondary N) is 1. The third-order valence-corrected chi connectivity index (χ3v) is 3.65. The molecule has 6 nitrogen and oxygen atoms in total. The van der Waals surface area contributed by atoms with Crippen molar-refractivity contribution in [3.05, 3.63) is 0 Å². The van der Waals surface area contributed by atoms with Crippen LogP contribution in [-0.2, 0) is 9.47 Å². The molecule has 0 aromatic heterocycles. The molecule has 0 saturated carbocycles. The first kappa shape index (κ1) is 21.9. The van der Waals surface area contributed by atoms with Crippen molar-refractivity contribution in [1.82, 2.24) is 15.1 Å². The van der Waals surface area contributed by atoms with E-state index in [0.717, 1.165) is 45.2 Å². The smallest absolute Gasteiger partial charge is 0.193 e. The second-order valence-electron chi connectivity index (χ2n) is 5.80. The first-order valence-electron chi connectivity index (χ1n) is 7.84. The van der Waals surface area contributed by atoms with Gasteiger partial charge in [-0.1, -0.05) is 0 Å². The van der Waals surface area contributed by atoms with Crippen LogP contribution in [0, 0.1) is 5.92 Å². The topological polar surface area (TPSA) is 49.3 Å². The molecule has 22 heavy (non-hydrogen) atoms. The fourth-order valence-electron chi connectivity index (χ4n) is 2.48. The zero-order valence-corrected chi connectivity index (χ0v) is 16.8. The standard InChI is InChI=1S/C15H32N4O2.HI/c1-16-15(17-7-5-8-18(2)3)19-9-6-14(12-19)13-21-11-10-20-4;/h14H,5-13H2,1-4H3,(H,16,17);1H. The Balaban J connectivity index is 0.00000441. The molecule has 0 amide bonds. The van der Waals surface area contributed by atoms with E-state index in [4.69, 9.17) is 9.47 Å². The highest BCUT2D eigenvalue weighted by Crippen LogP contribution is 2.16. The summed E-state index contributed by atoms with van der Waals surface area (Å²) in [6, 6.07) is 0. The van der Waals surface area contributed by atoms with Gasteiger partial charge < -0.3 is 24.6 Å². The van der Waals surface area contributed by atoms with Gasteiger partial charge in [-0.2, -0.15) is 0 Å². The lowest BCUT2D eigenvalue weighted by Gasteiger charge is -2.22. The molecule has 1 N–H and O–H groups in total. The van der Waals surface area contributed by atoms with Crippen LogP contribution in [-0.4, -0.2) is 90.0 Å². The highest BCUT2D eigenvalue weighted by molar-refractivity contribution is 14.0. The van der Waals surface area contributed by atoms with Crippen molar-refractivity contribution in [2.75, 3.05) is 74.3 Å². The zero-order valence-electron chi connectivity index (χ0n) is 14.5. The average molecular weight is 428 g/mol. The van der Waals surface area contributed by atoms with Gasteiger partial charge in [-0.3, -0.25) is 4.99 Å². The highest BCUT2D eigenvalue weighted by Gasteiger charge is 2.24. The first-order valence-corrected chi connectivity index (χ1v) is 7.84. The van der Waals surface area contributed by atoms with Gasteiger partial charge >= 0.3 is 0 Å². The van der Waals surface area contributed by atoms with Crippen LogP contribution >= 0.6 is 24.0 Å². The first-order chi connectivity index (χ1) is 10.2. The fourth-order valence-corrected chi connectivity index (χ4v) is 2.48. The molecule has 0 radical (unpaired) electrons. The van der Waals surface area contributed by atoms with Gasteiger partial charge in [0.1, 0.15) is 0 Å². The van der Waals surface area contributed by atoms with Gasteiger partial charge in [-0.15, -0.1) is 24.0 Å². The van der Waals surface area contributed by atoms with Crippen LogP contribution in [0.25, 0.3) is 0 Å². The molecule has 1 saturated heterocycles. The van der Waals surface area contributed by atoms with Crippen LogP contribution in [0.4, 0.5) is 0 Å². The summed E-state index contributed by atoms with van der Waals surface area (Å²) in [4.78, 5) is 8.92. The minimum atomic E-state index is 0. The van der Waals surface area contributed by atoms with Crippen LogP contribution in [0.5, 0.6) is 0 Å². The Bertz CT molecular complexity index is 303. The van der Waals surface area contributed by atoms with Crippen LogP contribution < -0.4 is 5.32 Å². The molecule has 0 bridgehead atoms. The summed E-state index contributed by atoms with van der Waals surface area (Å²) in [6.07, 6.45) is 2.30. The van der Waals surface area contributed by atoms with Crippen molar-refractivity contribution >= 4 is 29.9 Å². The van der Waals surface area contributed by atoms with Crippen molar-refractivity contribution < 1.29 is 9.47 Å². The average Bonchev–Trinajstić information content (AvgIpc) is 2.92. The number of guanidine groups is 1. The van der Waals surface area contributed by atoms with E-state index >= 15 is 0 Å². The van der Waals surface area contributed by atoms with Gasteiger partial charge in [0.05, 0.1) is 19.8 Å². The molecule has 132 valence electrons. The number of nitrogens with zero attached hydrogens (tertiary/aromatic N) is 3. The maximum Gasteiger partial charge on any atom is 0.193 e. The zero-order chi connectivity index (χ0) is 15.5. The summed E-state index contributed by atoms with van der Waals surface area (Å²) < 4.78 is 10.6. The number of rotatable bonds is 9. The third-order valence-electron chi connectivity index (χ3n) is 3.65. The quantitative estimate of drug-likeness (QED) is 0.258. The molecule has 1 heterocycles. The summed E-state index contributed by atoms with van der Waals surface area (Å²) in [7, 11) is 7.76. The van der Waals surface area contributed by atoms with Gasteiger partial charge in [0, 0.05) is 39.7 Å². The van der Waals surface area contributed by atoms with E-state index in [1.165, 1.54) is 6.42 Å². The fraction of sp³-hybridized carbons (Fsp3) is 0.933. The van der Waals surface area contributed by atoms with E-state index in [9.17, 15) is 0 Å². The number of ether oxygens (including phenoxy) is 2. The van der Waals surface area contributed by atoms with Crippen LogP contribution in [0.2, 0.25) is 0 Å². The lowest BCUT2D eigenvalue weighted by Crippen LogP contribution is -2.41. The number of likely N-dealkylation sites (tertiary alicyclic amines) is 1. The lowest BCUT2D eigenvalue weighted by atomic mass is 10.1. The SMILES string of the molecule is CN=C(NCCCN(C)C)N1CCC(COCCOC)C1.I. The summed E-state index contributed by atoms with van der Waals surface area (Å²) >= 11 is 0. The Morgan fingerprint density at radius 3 is 2.77 bits per heavy atom.